The van der Waals surface area contributed by atoms with Gasteiger partial charge in [0.15, 0.2) is 5.16 Å². The van der Waals surface area contributed by atoms with E-state index in [-0.39, 0.29) is 5.78 Å². The Morgan fingerprint density at radius 2 is 1.88 bits per heavy atom. The standard InChI is InChI=1S/C20H26ClN3OS/c1-23-18(19(25)16-7-9-17(21)10-8-16)15-22-20(23)26-14-6-5-13-24-11-3-2-4-12-24/h7-10,15H,2-6,11-14H2,1H3. The van der Waals surface area contributed by atoms with E-state index in [4.69, 9.17) is 11.6 Å². The number of likely N-dealkylation sites (tertiary alicyclic amines) is 1. The first-order valence-corrected chi connectivity index (χ1v) is 10.7. The molecule has 1 aromatic carbocycles. The molecule has 0 spiro atoms. The fourth-order valence-corrected chi connectivity index (χ4v) is 4.35. The number of rotatable bonds is 8. The average molecular weight is 392 g/mol. The lowest BCUT2D eigenvalue weighted by Gasteiger charge is -2.26. The third kappa shape index (κ3) is 5.12. The summed E-state index contributed by atoms with van der Waals surface area (Å²) in [5.74, 6) is 1.02. The van der Waals surface area contributed by atoms with Gasteiger partial charge in [0.25, 0.3) is 0 Å². The second-order valence-electron chi connectivity index (χ2n) is 6.78. The Morgan fingerprint density at radius 1 is 1.15 bits per heavy atom. The van der Waals surface area contributed by atoms with Gasteiger partial charge in [0.1, 0.15) is 5.69 Å². The van der Waals surface area contributed by atoms with Gasteiger partial charge in [-0.15, -0.1) is 0 Å². The first-order valence-electron chi connectivity index (χ1n) is 9.32. The third-order valence-corrected chi connectivity index (χ3v) is 6.22. The number of imidazole rings is 1. The SMILES string of the molecule is Cn1c(C(=O)c2ccc(Cl)cc2)cnc1SCCCCN1CCCCC1. The highest BCUT2D eigenvalue weighted by Gasteiger charge is 2.16. The molecular formula is C20H26ClN3OS. The van der Waals surface area contributed by atoms with Crippen LogP contribution in [0.4, 0.5) is 0 Å². The molecule has 2 heterocycles. The van der Waals surface area contributed by atoms with Gasteiger partial charge in [-0.05, 0) is 69.6 Å². The minimum atomic E-state index is -0.0198. The van der Waals surface area contributed by atoms with Crippen LogP contribution in [-0.2, 0) is 7.05 Å². The number of thioether (sulfide) groups is 1. The van der Waals surface area contributed by atoms with Crippen LogP contribution in [0.2, 0.25) is 5.02 Å². The van der Waals surface area contributed by atoms with Gasteiger partial charge < -0.3 is 9.47 Å². The van der Waals surface area contributed by atoms with Gasteiger partial charge in [-0.2, -0.15) is 0 Å². The molecule has 1 saturated heterocycles. The molecule has 1 aliphatic rings. The Bertz CT molecular complexity index is 723. The summed E-state index contributed by atoms with van der Waals surface area (Å²) in [6.07, 6.45) is 8.18. The summed E-state index contributed by atoms with van der Waals surface area (Å²) >= 11 is 7.62. The van der Waals surface area contributed by atoms with Gasteiger partial charge in [0, 0.05) is 23.4 Å². The van der Waals surface area contributed by atoms with Crippen LogP contribution in [0.3, 0.4) is 0 Å². The number of unbranched alkanes of at least 4 members (excludes halogenated alkanes) is 1. The molecule has 3 rings (SSSR count). The predicted octanol–water partition coefficient (Wildman–Crippen LogP) is 4.66. The van der Waals surface area contributed by atoms with Gasteiger partial charge in [0.2, 0.25) is 5.78 Å². The maximum Gasteiger partial charge on any atom is 0.211 e. The molecule has 0 bridgehead atoms. The van der Waals surface area contributed by atoms with Crippen molar-refractivity contribution in [2.45, 2.75) is 37.3 Å². The number of aromatic nitrogens is 2. The van der Waals surface area contributed by atoms with Crippen LogP contribution >= 0.6 is 23.4 Å². The zero-order valence-corrected chi connectivity index (χ0v) is 16.9. The molecular weight excluding hydrogens is 366 g/mol. The van der Waals surface area contributed by atoms with E-state index in [9.17, 15) is 4.79 Å². The lowest BCUT2D eigenvalue weighted by Crippen LogP contribution is -2.30. The topological polar surface area (TPSA) is 38.1 Å². The van der Waals surface area contributed by atoms with E-state index >= 15 is 0 Å². The van der Waals surface area contributed by atoms with Gasteiger partial charge in [-0.25, -0.2) is 4.98 Å². The summed E-state index contributed by atoms with van der Waals surface area (Å²) in [7, 11) is 1.91. The molecule has 0 atom stereocenters. The summed E-state index contributed by atoms with van der Waals surface area (Å²) in [4.78, 5) is 19.6. The Morgan fingerprint density at radius 3 is 2.62 bits per heavy atom. The van der Waals surface area contributed by atoms with Crippen LogP contribution in [0.5, 0.6) is 0 Å². The van der Waals surface area contributed by atoms with Crippen LogP contribution < -0.4 is 0 Å². The van der Waals surface area contributed by atoms with Crippen molar-refractivity contribution in [3.63, 3.8) is 0 Å². The fraction of sp³-hybridized carbons (Fsp3) is 0.500. The van der Waals surface area contributed by atoms with E-state index in [0.717, 1.165) is 10.9 Å². The van der Waals surface area contributed by atoms with Gasteiger partial charge in [-0.1, -0.05) is 29.8 Å². The van der Waals surface area contributed by atoms with E-state index in [1.165, 1.54) is 51.7 Å². The Kier molecular flexibility index (Phi) is 7.17. The first-order chi connectivity index (χ1) is 12.6. The number of halogens is 1. The van der Waals surface area contributed by atoms with E-state index in [0.29, 0.717) is 16.3 Å². The summed E-state index contributed by atoms with van der Waals surface area (Å²) in [6, 6.07) is 6.99. The Labute approximate surface area is 164 Å². The van der Waals surface area contributed by atoms with Crippen molar-refractivity contribution in [1.82, 2.24) is 14.5 Å². The van der Waals surface area contributed by atoms with Crippen molar-refractivity contribution in [2.75, 3.05) is 25.4 Å². The molecule has 0 saturated carbocycles. The van der Waals surface area contributed by atoms with Crippen molar-refractivity contribution in [3.8, 4) is 0 Å². The molecule has 0 aliphatic carbocycles. The highest BCUT2D eigenvalue weighted by Crippen LogP contribution is 2.21. The van der Waals surface area contributed by atoms with Crippen molar-refractivity contribution in [2.24, 2.45) is 7.05 Å². The maximum absolute atomic E-state index is 12.6. The quantitative estimate of drug-likeness (QED) is 0.372. The number of carbonyl (C=O) groups excluding carboxylic acids is 1. The summed E-state index contributed by atoms with van der Waals surface area (Å²) in [5, 5.41) is 1.53. The number of hydrogen-bond donors (Lipinski definition) is 0. The molecule has 1 fully saturated rings. The molecule has 26 heavy (non-hydrogen) atoms. The van der Waals surface area contributed by atoms with Crippen LogP contribution in [0, 0.1) is 0 Å². The summed E-state index contributed by atoms with van der Waals surface area (Å²) in [5.41, 5.74) is 1.25. The van der Waals surface area contributed by atoms with Gasteiger partial charge in [0.05, 0.1) is 6.20 Å². The fourth-order valence-electron chi connectivity index (χ4n) is 3.27. The molecule has 6 heteroatoms. The molecule has 0 radical (unpaired) electrons. The molecule has 0 N–H and O–H groups in total. The van der Waals surface area contributed by atoms with Gasteiger partial charge in [-0.3, -0.25) is 4.79 Å². The first kappa shape index (κ1) is 19.5. The average Bonchev–Trinajstić information content (AvgIpc) is 3.03. The largest absolute Gasteiger partial charge is 0.319 e. The van der Waals surface area contributed by atoms with Crippen LogP contribution in [0.1, 0.15) is 48.2 Å². The molecule has 0 amide bonds. The highest BCUT2D eigenvalue weighted by atomic mass is 35.5. The number of nitrogens with zero attached hydrogens (tertiary/aromatic N) is 3. The van der Waals surface area contributed by atoms with E-state index in [2.05, 4.69) is 9.88 Å². The number of ketones is 1. The van der Waals surface area contributed by atoms with Crippen molar-refractivity contribution in [3.05, 3.63) is 46.7 Å². The summed E-state index contributed by atoms with van der Waals surface area (Å²) in [6.45, 7) is 3.74. The van der Waals surface area contributed by atoms with Crippen molar-refractivity contribution < 1.29 is 4.79 Å². The molecule has 1 aromatic heterocycles. The minimum absolute atomic E-state index is 0.0198. The predicted molar refractivity (Wildman–Crippen MR) is 108 cm³/mol. The number of carbonyl (C=O) groups is 1. The second-order valence-corrected chi connectivity index (χ2v) is 8.28. The van der Waals surface area contributed by atoms with Crippen molar-refractivity contribution >= 4 is 29.1 Å². The smallest absolute Gasteiger partial charge is 0.211 e. The monoisotopic (exact) mass is 391 g/mol. The molecule has 140 valence electrons. The molecule has 2 aromatic rings. The van der Waals surface area contributed by atoms with Crippen molar-refractivity contribution in [1.29, 1.82) is 0 Å². The van der Waals surface area contributed by atoms with E-state index in [1.807, 2.05) is 11.6 Å². The maximum atomic E-state index is 12.6. The number of piperidine rings is 1. The normalized spacial score (nSPS) is 15.3. The summed E-state index contributed by atoms with van der Waals surface area (Å²) < 4.78 is 1.90. The van der Waals surface area contributed by atoms with E-state index in [1.54, 1.807) is 42.2 Å². The van der Waals surface area contributed by atoms with Gasteiger partial charge >= 0.3 is 0 Å². The van der Waals surface area contributed by atoms with E-state index < -0.39 is 0 Å². The molecule has 1 aliphatic heterocycles. The zero-order chi connectivity index (χ0) is 18.4. The van der Waals surface area contributed by atoms with Crippen LogP contribution in [0.15, 0.2) is 35.6 Å². The lowest BCUT2D eigenvalue weighted by atomic mass is 10.1. The second kappa shape index (κ2) is 9.58. The van der Waals surface area contributed by atoms with Crippen LogP contribution in [0.25, 0.3) is 0 Å². The number of benzene rings is 1. The zero-order valence-electron chi connectivity index (χ0n) is 15.3. The lowest BCUT2D eigenvalue weighted by molar-refractivity contribution is 0.103. The van der Waals surface area contributed by atoms with Crippen LogP contribution in [-0.4, -0.2) is 45.6 Å². The minimum Gasteiger partial charge on any atom is -0.319 e. The molecule has 0 unspecified atom stereocenters. The molecule has 4 nitrogen and oxygen atoms in total. The third-order valence-electron chi connectivity index (χ3n) is 4.83. The Balaban J connectivity index is 1.47. The number of hydrogen-bond acceptors (Lipinski definition) is 4. The highest BCUT2D eigenvalue weighted by molar-refractivity contribution is 7.99. The Hall–Kier alpha value is -1.30.